The fourth-order valence-electron chi connectivity index (χ4n) is 3.68. The minimum absolute atomic E-state index is 0.0210. The minimum Gasteiger partial charge on any atom is -0.421 e. The van der Waals surface area contributed by atoms with Crippen LogP contribution in [0, 0.1) is 0 Å². The molecule has 6 nitrogen and oxygen atoms in total. The summed E-state index contributed by atoms with van der Waals surface area (Å²) >= 11 is 5.97. The quantitative estimate of drug-likeness (QED) is 0.736. The van der Waals surface area contributed by atoms with Crippen LogP contribution in [0.15, 0.2) is 28.9 Å². The third-order valence-electron chi connectivity index (χ3n) is 4.81. The standard InChI is InChI=1S/C16H13ClF3N5O/c17-10-5-11(25-3-1-2-21-25)14-13(12(10)16(18,19)20)23-15(26-14)24-6-8-4-9(7-24)22-8/h1-3,5,8-9,22H,4,6-7H2. The number of hydrogen-bond acceptors (Lipinski definition) is 5. The van der Waals surface area contributed by atoms with Crippen molar-refractivity contribution >= 4 is 28.7 Å². The molecule has 1 aromatic carbocycles. The SMILES string of the molecule is FC(F)(F)c1c(Cl)cc(-n2cccn2)c2oc(N3CC4CC(C3)N4)nc12. The zero-order valence-corrected chi connectivity index (χ0v) is 14.1. The molecule has 0 saturated carbocycles. The van der Waals surface area contributed by atoms with Crippen LogP contribution in [0.1, 0.15) is 12.0 Å². The molecule has 10 heteroatoms. The number of benzene rings is 1. The number of oxazole rings is 1. The second-order valence-electron chi connectivity index (χ2n) is 6.58. The first-order chi connectivity index (χ1) is 12.4. The van der Waals surface area contributed by atoms with Gasteiger partial charge in [0.2, 0.25) is 0 Å². The van der Waals surface area contributed by atoms with Crippen LogP contribution in [0.2, 0.25) is 5.02 Å². The summed E-state index contributed by atoms with van der Waals surface area (Å²) in [6.45, 7) is 1.30. The molecule has 26 heavy (non-hydrogen) atoms. The number of rotatable bonds is 2. The second-order valence-corrected chi connectivity index (χ2v) is 6.98. The fourth-order valence-corrected chi connectivity index (χ4v) is 3.98. The molecule has 5 heterocycles. The number of aromatic nitrogens is 3. The molecule has 1 N–H and O–H groups in total. The third-order valence-corrected chi connectivity index (χ3v) is 5.11. The van der Waals surface area contributed by atoms with Crippen molar-refractivity contribution in [2.45, 2.75) is 24.7 Å². The van der Waals surface area contributed by atoms with E-state index < -0.39 is 16.8 Å². The first-order valence-electron chi connectivity index (χ1n) is 8.11. The zero-order chi connectivity index (χ0) is 18.1. The van der Waals surface area contributed by atoms with Crippen molar-refractivity contribution in [3.8, 4) is 5.69 Å². The van der Waals surface area contributed by atoms with Gasteiger partial charge in [0.05, 0.1) is 5.02 Å². The van der Waals surface area contributed by atoms with Crippen molar-refractivity contribution < 1.29 is 17.6 Å². The van der Waals surface area contributed by atoms with E-state index in [2.05, 4.69) is 15.4 Å². The largest absolute Gasteiger partial charge is 0.421 e. The number of fused-ring (bicyclic) bond motifs is 3. The van der Waals surface area contributed by atoms with Crippen LogP contribution < -0.4 is 10.2 Å². The van der Waals surface area contributed by atoms with Gasteiger partial charge in [0, 0.05) is 37.6 Å². The molecule has 0 amide bonds. The molecule has 6 rings (SSSR count). The smallest absolute Gasteiger partial charge is 0.420 e. The molecule has 2 aromatic heterocycles. The number of nitrogens with zero attached hydrogens (tertiary/aromatic N) is 4. The topological polar surface area (TPSA) is 59.1 Å². The van der Waals surface area contributed by atoms with E-state index in [1.165, 1.54) is 16.9 Å². The number of piperazine rings is 1. The van der Waals surface area contributed by atoms with E-state index in [-0.39, 0.29) is 17.1 Å². The molecule has 3 fully saturated rings. The van der Waals surface area contributed by atoms with Crippen LogP contribution >= 0.6 is 11.6 Å². The lowest BCUT2D eigenvalue weighted by molar-refractivity contribution is -0.136. The van der Waals surface area contributed by atoms with Crippen LogP contribution in [0.25, 0.3) is 16.8 Å². The summed E-state index contributed by atoms with van der Waals surface area (Å²) in [6, 6.07) is 3.69. The van der Waals surface area contributed by atoms with Gasteiger partial charge in [-0.15, -0.1) is 0 Å². The Hall–Kier alpha value is -2.26. The molecule has 2 bridgehead atoms. The maximum absolute atomic E-state index is 13.6. The predicted molar refractivity (Wildman–Crippen MR) is 88.7 cm³/mol. The Morgan fingerprint density at radius 2 is 2.00 bits per heavy atom. The maximum atomic E-state index is 13.6. The van der Waals surface area contributed by atoms with E-state index >= 15 is 0 Å². The van der Waals surface area contributed by atoms with Gasteiger partial charge in [-0.05, 0) is 18.6 Å². The molecule has 0 spiro atoms. The maximum Gasteiger partial charge on any atom is 0.420 e. The monoisotopic (exact) mass is 383 g/mol. The van der Waals surface area contributed by atoms with Crippen molar-refractivity contribution in [3.63, 3.8) is 0 Å². The summed E-state index contributed by atoms with van der Waals surface area (Å²) in [5.74, 6) is 0. The van der Waals surface area contributed by atoms with Gasteiger partial charge < -0.3 is 14.6 Å². The molecule has 3 aromatic rings. The van der Waals surface area contributed by atoms with Crippen molar-refractivity contribution in [2.75, 3.05) is 18.0 Å². The lowest BCUT2D eigenvalue weighted by Crippen LogP contribution is -2.67. The molecular weight excluding hydrogens is 371 g/mol. The van der Waals surface area contributed by atoms with Gasteiger partial charge in [0.15, 0.2) is 5.58 Å². The third kappa shape index (κ3) is 2.38. The first kappa shape index (κ1) is 16.0. The molecule has 3 aliphatic rings. The molecule has 2 unspecified atom stereocenters. The van der Waals surface area contributed by atoms with Crippen molar-refractivity contribution in [1.29, 1.82) is 0 Å². The lowest BCUT2D eigenvalue weighted by atomic mass is 9.92. The van der Waals surface area contributed by atoms with Crippen LogP contribution in [0.3, 0.4) is 0 Å². The van der Waals surface area contributed by atoms with Gasteiger partial charge in [0.1, 0.15) is 16.8 Å². The fraction of sp³-hybridized carbons (Fsp3) is 0.375. The summed E-state index contributed by atoms with van der Waals surface area (Å²) in [7, 11) is 0. The Morgan fingerprint density at radius 1 is 1.27 bits per heavy atom. The van der Waals surface area contributed by atoms with Gasteiger partial charge in [0.25, 0.3) is 6.01 Å². The van der Waals surface area contributed by atoms with E-state index in [0.717, 1.165) is 6.42 Å². The van der Waals surface area contributed by atoms with Crippen LogP contribution in [0.4, 0.5) is 19.2 Å². The van der Waals surface area contributed by atoms with Crippen molar-refractivity contribution in [2.24, 2.45) is 0 Å². The summed E-state index contributed by atoms with van der Waals surface area (Å²) in [5, 5.41) is 7.01. The molecule has 2 atom stereocenters. The first-order valence-corrected chi connectivity index (χ1v) is 8.49. The van der Waals surface area contributed by atoms with Crippen LogP contribution in [0.5, 0.6) is 0 Å². The van der Waals surface area contributed by atoms with E-state index in [0.29, 0.717) is 30.9 Å². The highest BCUT2D eigenvalue weighted by atomic mass is 35.5. The number of anilines is 1. The number of hydrogen-bond donors (Lipinski definition) is 1. The Bertz CT molecular complexity index is 968. The second kappa shape index (κ2) is 5.37. The predicted octanol–water partition coefficient (Wildman–Crippen LogP) is 3.24. The molecule has 0 radical (unpaired) electrons. The molecular formula is C16H13ClF3N5O. The van der Waals surface area contributed by atoms with Gasteiger partial charge in [-0.3, -0.25) is 0 Å². The van der Waals surface area contributed by atoms with Crippen molar-refractivity contribution in [1.82, 2.24) is 20.1 Å². The van der Waals surface area contributed by atoms with E-state index in [4.69, 9.17) is 16.0 Å². The van der Waals surface area contributed by atoms with E-state index in [1.807, 2.05) is 4.90 Å². The summed E-state index contributed by atoms with van der Waals surface area (Å²) in [5.41, 5.74) is -0.937. The molecule has 0 aliphatic carbocycles. The van der Waals surface area contributed by atoms with Gasteiger partial charge in [-0.25, -0.2) is 4.68 Å². The van der Waals surface area contributed by atoms with Gasteiger partial charge in [-0.1, -0.05) is 11.6 Å². The van der Waals surface area contributed by atoms with Crippen molar-refractivity contribution in [3.05, 3.63) is 35.1 Å². The number of halogens is 4. The molecule has 136 valence electrons. The van der Waals surface area contributed by atoms with Gasteiger partial charge in [-0.2, -0.15) is 23.3 Å². The number of piperidine rings is 1. The summed E-state index contributed by atoms with van der Waals surface area (Å²) in [4.78, 5) is 6.05. The Morgan fingerprint density at radius 3 is 2.62 bits per heavy atom. The molecule has 3 saturated heterocycles. The van der Waals surface area contributed by atoms with Crippen LogP contribution in [-0.4, -0.2) is 39.9 Å². The summed E-state index contributed by atoms with van der Waals surface area (Å²) < 4.78 is 47.9. The van der Waals surface area contributed by atoms with Gasteiger partial charge >= 0.3 is 6.18 Å². The Balaban J connectivity index is 1.71. The normalized spacial score (nSPS) is 22.7. The molecule has 3 aliphatic heterocycles. The average molecular weight is 384 g/mol. The highest BCUT2D eigenvalue weighted by molar-refractivity contribution is 6.32. The average Bonchev–Trinajstić information content (AvgIpc) is 3.22. The number of nitrogens with one attached hydrogen (secondary N) is 1. The van der Waals surface area contributed by atoms with E-state index in [9.17, 15) is 13.2 Å². The van der Waals surface area contributed by atoms with E-state index in [1.54, 1.807) is 12.3 Å². The minimum atomic E-state index is -4.64. The zero-order valence-electron chi connectivity index (χ0n) is 13.3. The Labute approximate surface area is 150 Å². The van der Waals surface area contributed by atoms with Crippen LogP contribution in [-0.2, 0) is 6.18 Å². The Kier molecular flexibility index (Phi) is 3.29. The summed E-state index contributed by atoms with van der Waals surface area (Å²) in [6.07, 6.45) is -0.439. The lowest BCUT2D eigenvalue weighted by Gasteiger charge is -2.47. The number of alkyl halides is 3. The highest BCUT2D eigenvalue weighted by Crippen LogP contribution is 2.43. The highest BCUT2D eigenvalue weighted by Gasteiger charge is 2.41.